The highest BCUT2D eigenvalue weighted by atomic mass is 16.5. The van der Waals surface area contributed by atoms with Crippen LogP contribution in [-0.4, -0.2) is 26.2 Å². The first-order valence-electron chi connectivity index (χ1n) is 6.72. The zero-order valence-electron chi connectivity index (χ0n) is 12.1. The number of rotatable bonds is 2. The van der Waals surface area contributed by atoms with Crippen molar-refractivity contribution in [2.75, 3.05) is 0 Å². The second-order valence-electron chi connectivity index (χ2n) is 5.49. The fourth-order valence-electron chi connectivity index (χ4n) is 2.41. The van der Waals surface area contributed by atoms with Crippen LogP contribution in [0.2, 0.25) is 0 Å². The number of fused-ring (bicyclic) bond motifs is 1. The molecule has 112 valence electrons. The topological polar surface area (TPSA) is 81.4 Å². The summed E-state index contributed by atoms with van der Waals surface area (Å²) in [6.07, 6.45) is 4.89. The van der Waals surface area contributed by atoms with Crippen LogP contribution in [0.5, 0.6) is 5.75 Å². The highest BCUT2D eigenvalue weighted by Crippen LogP contribution is 2.34. The van der Waals surface area contributed by atoms with Crippen molar-refractivity contribution < 1.29 is 14.6 Å². The van der Waals surface area contributed by atoms with Crippen molar-refractivity contribution in [2.24, 2.45) is 0 Å². The molecule has 22 heavy (non-hydrogen) atoms. The van der Waals surface area contributed by atoms with Gasteiger partial charge in [-0.3, -0.25) is 14.3 Å². The van der Waals surface area contributed by atoms with Gasteiger partial charge in [0, 0.05) is 12.4 Å². The summed E-state index contributed by atoms with van der Waals surface area (Å²) in [7, 11) is 0. The van der Waals surface area contributed by atoms with Crippen LogP contribution < -0.4 is 10.3 Å². The van der Waals surface area contributed by atoms with E-state index in [1.54, 1.807) is 24.4 Å². The summed E-state index contributed by atoms with van der Waals surface area (Å²) in [6, 6.07) is 6.32. The number of carbonyl (C=O) groups is 1. The van der Waals surface area contributed by atoms with Crippen LogP contribution in [-0.2, 0) is 0 Å². The molecule has 0 unspecified atom stereocenters. The number of aromatic nitrogens is 2. The van der Waals surface area contributed by atoms with Gasteiger partial charge in [0.1, 0.15) is 22.6 Å². The van der Waals surface area contributed by atoms with E-state index in [9.17, 15) is 9.59 Å². The van der Waals surface area contributed by atoms with E-state index >= 15 is 0 Å². The zero-order chi connectivity index (χ0) is 15.9. The van der Waals surface area contributed by atoms with E-state index in [2.05, 4.69) is 4.98 Å². The van der Waals surface area contributed by atoms with Gasteiger partial charge in [-0.2, -0.15) is 0 Å². The number of carboxylic acid groups (broad SMARTS) is 1. The van der Waals surface area contributed by atoms with Crippen molar-refractivity contribution in [3.05, 3.63) is 64.3 Å². The third-order valence-electron chi connectivity index (χ3n) is 3.31. The molecule has 0 fully saturated rings. The largest absolute Gasteiger partial charge is 0.481 e. The predicted molar refractivity (Wildman–Crippen MR) is 80.0 cm³/mol. The van der Waals surface area contributed by atoms with E-state index < -0.39 is 17.1 Å². The molecule has 0 aromatic carbocycles. The Bertz CT molecular complexity index is 849. The maximum atomic E-state index is 12.4. The van der Waals surface area contributed by atoms with Crippen LogP contribution in [0, 0.1) is 0 Å². The molecule has 0 spiro atoms. The third-order valence-corrected chi connectivity index (χ3v) is 3.31. The van der Waals surface area contributed by atoms with Crippen LogP contribution in [0.4, 0.5) is 0 Å². The number of carboxylic acids is 1. The average molecular weight is 298 g/mol. The molecule has 3 heterocycles. The highest BCUT2D eigenvalue weighted by Gasteiger charge is 2.29. The number of aromatic carboxylic acids is 1. The first kappa shape index (κ1) is 14.1. The first-order valence-corrected chi connectivity index (χ1v) is 6.72. The SMILES string of the molecule is CC1(C)C=C(n2cccc(C(=O)O)c2=O)c2ncccc2O1. The monoisotopic (exact) mass is 298 g/mol. The molecule has 6 heteroatoms. The number of ether oxygens (including phenoxy) is 1. The number of hydrogen-bond acceptors (Lipinski definition) is 4. The quantitative estimate of drug-likeness (QED) is 0.917. The van der Waals surface area contributed by atoms with Gasteiger partial charge in [0.05, 0.1) is 5.70 Å². The Morgan fingerprint density at radius 3 is 2.82 bits per heavy atom. The van der Waals surface area contributed by atoms with Gasteiger partial charge < -0.3 is 9.84 Å². The normalized spacial score (nSPS) is 15.5. The molecule has 3 rings (SSSR count). The molecule has 0 amide bonds. The van der Waals surface area contributed by atoms with E-state index in [-0.39, 0.29) is 5.56 Å². The van der Waals surface area contributed by atoms with Gasteiger partial charge >= 0.3 is 5.97 Å². The van der Waals surface area contributed by atoms with Crippen molar-refractivity contribution in [3.8, 4) is 5.75 Å². The zero-order valence-corrected chi connectivity index (χ0v) is 12.1. The molecule has 2 aromatic rings. The Hall–Kier alpha value is -2.89. The average Bonchev–Trinajstić information content (AvgIpc) is 2.45. The Labute approximate surface area is 126 Å². The minimum atomic E-state index is -1.26. The molecule has 6 nitrogen and oxygen atoms in total. The molecule has 1 aliphatic rings. The minimum Gasteiger partial charge on any atom is -0.481 e. The molecule has 0 radical (unpaired) electrons. The second-order valence-corrected chi connectivity index (χ2v) is 5.49. The van der Waals surface area contributed by atoms with E-state index in [0.29, 0.717) is 17.1 Å². The van der Waals surface area contributed by atoms with E-state index in [4.69, 9.17) is 9.84 Å². The smallest absolute Gasteiger partial charge is 0.341 e. The number of nitrogens with zero attached hydrogens (tertiary/aromatic N) is 2. The molecule has 1 N–H and O–H groups in total. The lowest BCUT2D eigenvalue weighted by Gasteiger charge is -2.30. The Balaban J connectivity index is 2.27. The molecule has 0 saturated carbocycles. The van der Waals surface area contributed by atoms with Crippen molar-refractivity contribution in [3.63, 3.8) is 0 Å². The summed E-state index contributed by atoms with van der Waals surface area (Å²) >= 11 is 0. The fraction of sp³-hybridized carbons (Fsp3) is 0.188. The van der Waals surface area contributed by atoms with Gasteiger partial charge in [-0.15, -0.1) is 0 Å². The summed E-state index contributed by atoms with van der Waals surface area (Å²) in [6.45, 7) is 3.71. The lowest BCUT2D eigenvalue weighted by Crippen LogP contribution is -2.33. The van der Waals surface area contributed by atoms with Crippen molar-refractivity contribution >= 4 is 11.7 Å². The Kier molecular flexibility index (Phi) is 3.09. The first-order chi connectivity index (χ1) is 10.4. The maximum absolute atomic E-state index is 12.4. The summed E-state index contributed by atoms with van der Waals surface area (Å²) in [5, 5.41) is 9.11. The maximum Gasteiger partial charge on any atom is 0.341 e. The molecule has 0 bridgehead atoms. The van der Waals surface area contributed by atoms with Gasteiger partial charge in [0.25, 0.3) is 5.56 Å². The van der Waals surface area contributed by atoms with Crippen molar-refractivity contribution in [2.45, 2.75) is 19.4 Å². The van der Waals surface area contributed by atoms with Gasteiger partial charge in [0.2, 0.25) is 0 Å². The summed E-state index contributed by atoms with van der Waals surface area (Å²) < 4.78 is 7.11. The summed E-state index contributed by atoms with van der Waals surface area (Å²) in [4.78, 5) is 27.8. The molecule has 0 aliphatic carbocycles. The lowest BCUT2D eigenvalue weighted by atomic mass is 10.0. The van der Waals surface area contributed by atoms with Gasteiger partial charge in [0.15, 0.2) is 0 Å². The van der Waals surface area contributed by atoms with Crippen LogP contribution in [0.15, 0.2) is 47.5 Å². The lowest BCUT2D eigenvalue weighted by molar-refractivity contribution is 0.0694. The highest BCUT2D eigenvalue weighted by molar-refractivity contribution is 5.87. The van der Waals surface area contributed by atoms with Gasteiger partial charge in [-0.1, -0.05) is 0 Å². The summed E-state index contributed by atoms with van der Waals surface area (Å²) in [5.41, 5.74) is -0.503. The van der Waals surface area contributed by atoms with Crippen LogP contribution in [0.3, 0.4) is 0 Å². The van der Waals surface area contributed by atoms with E-state index in [1.165, 1.54) is 22.9 Å². The molecule has 2 aromatic heterocycles. The second kappa shape index (κ2) is 4.84. The molecular weight excluding hydrogens is 284 g/mol. The number of pyridine rings is 2. The van der Waals surface area contributed by atoms with Gasteiger partial charge in [-0.25, -0.2) is 4.79 Å². The van der Waals surface area contributed by atoms with E-state index in [0.717, 1.165) is 0 Å². The molecule has 1 aliphatic heterocycles. The summed E-state index contributed by atoms with van der Waals surface area (Å²) in [5.74, 6) is -0.704. The molecule has 0 saturated heterocycles. The Morgan fingerprint density at radius 1 is 1.32 bits per heavy atom. The Morgan fingerprint density at radius 2 is 2.09 bits per heavy atom. The van der Waals surface area contributed by atoms with Crippen molar-refractivity contribution in [1.29, 1.82) is 0 Å². The van der Waals surface area contributed by atoms with Crippen LogP contribution in [0.25, 0.3) is 5.70 Å². The van der Waals surface area contributed by atoms with Crippen LogP contribution in [0.1, 0.15) is 29.9 Å². The minimum absolute atomic E-state index is 0.287. The van der Waals surface area contributed by atoms with E-state index in [1.807, 2.05) is 13.8 Å². The molecular formula is C16H14N2O4. The standard InChI is InChI=1S/C16H14N2O4/c1-16(2)9-11(13-12(22-16)6-3-7-17-13)18-8-4-5-10(14(18)19)15(20)21/h3-9H,1-2H3,(H,20,21). The molecule has 0 atom stereocenters. The van der Waals surface area contributed by atoms with Crippen LogP contribution >= 0.6 is 0 Å². The predicted octanol–water partition coefficient (Wildman–Crippen LogP) is 2.00. The van der Waals surface area contributed by atoms with Crippen molar-refractivity contribution in [1.82, 2.24) is 9.55 Å². The fourth-order valence-corrected chi connectivity index (χ4v) is 2.41. The third kappa shape index (κ3) is 2.28. The van der Waals surface area contributed by atoms with Gasteiger partial charge in [-0.05, 0) is 44.2 Å². The number of hydrogen-bond donors (Lipinski definition) is 1.